The second-order valence-corrected chi connectivity index (χ2v) is 32.2. The molecule has 118 heavy (non-hydrogen) atoms. The Morgan fingerprint density at radius 3 is 0.881 bits per heavy atom. The maximum atomic E-state index is 5.47. The number of thiophene rings is 2. The Hall–Kier alpha value is -15.2. The molecule has 17 aromatic carbocycles. The first-order valence-corrected chi connectivity index (χ1v) is 41.3. The van der Waals surface area contributed by atoms with Gasteiger partial charge in [-0.15, -0.1) is 22.7 Å². The average Bonchev–Trinajstić information content (AvgIpc) is 1.56. The molecule has 0 aliphatic rings. The fraction of sp³-hybridized carbons (Fsp3) is 0. The first kappa shape index (κ1) is 68.4. The van der Waals surface area contributed by atoms with Crippen LogP contribution in [0.5, 0.6) is 0 Å². The number of rotatable bonds is 14. The first-order chi connectivity index (χ1) is 58.4. The van der Waals surface area contributed by atoms with Gasteiger partial charge >= 0.3 is 0 Å². The van der Waals surface area contributed by atoms with E-state index in [0.717, 1.165) is 128 Å². The lowest BCUT2D eigenvalue weighted by molar-refractivity contribution is 1.07. The molecule has 0 N–H and O–H groups in total. The van der Waals surface area contributed by atoms with Crippen LogP contribution < -0.4 is 0 Å². The van der Waals surface area contributed by atoms with Crippen molar-refractivity contribution < 1.29 is 0 Å². The van der Waals surface area contributed by atoms with Crippen molar-refractivity contribution in [2.75, 3.05) is 0 Å². The molecule has 0 fully saturated rings. The number of hydrogen-bond acceptors (Lipinski definition) is 8. The normalized spacial score (nSPS) is 11.7. The van der Waals surface area contributed by atoms with Crippen LogP contribution in [0.1, 0.15) is 0 Å². The highest BCUT2D eigenvalue weighted by Gasteiger charge is 2.25. The zero-order chi connectivity index (χ0) is 77.7. The molecule has 0 aliphatic carbocycles. The lowest BCUT2D eigenvalue weighted by atomic mass is 9.97. The van der Waals surface area contributed by atoms with E-state index in [0.29, 0.717) is 34.9 Å². The van der Waals surface area contributed by atoms with Gasteiger partial charge in [-0.1, -0.05) is 334 Å². The smallest absolute Gasteiger partial charge is 0.164 e. The van der Waals surface area contributed by atoms with Crippen LogP contribution in [0.4, 0.5) is 0 Å². The minimum absolute atomic E-state index is 0.579. The number of aromatic nitrogens is 8. The van der Waals surface area contributed by atoms with Crippen LogP contribution in [-0.2, 0) is 0 Å². The predicted octanol–water partition coefficient (Wildman–Crippen LogP) is 29.0. The Labute approximate surface area is 687 Å². The summed E-state index contributed by atoms with van der Waals surface area (Å²) in [7, 11) is 0. The largest absolute Gasteiger partial charge is 0.308 e. The Kier molecular flexibility index (Phi) is 16.5. The standard InChI is InChI=1S/C108H66N8S2/c1-6-23-67(24-7-1)70-45-49-76(50-46-70)105-110-106(114-107(113-105)83-60-81(69-27-10-3-11-28-69)62-85(64-83)115-95-38-19-16-35-87(95)91-55-57-93-89-37-18-21-40-97(89)117-101(93)99(91)115)77-51-47-72(48-52-77)71-41-43-73(44-42-71)80-53-54-90-94-58-56-92-88-36-17-20-39-96(88)116(100(92)102(94)118-98(90)66-80)86-63-82(79-34-22-33-78(59-79)68-25-8-2-9-26-68)61-84(65-86)108-111-103(74-29-12-4-13-30-74)109-104(112-108)75-31-14-5-15-32-75/h1-66H. The molecule has 0 amide bonds. The molecule has 0 atom stereocenters. The second-order valence-electron chi connectivity index (χ2n) is 30.1. The van der Waals surface area contributed by atoms with E-state index in [2.05, 4.69) is 373 Å². The van der Waals surface area contributed by atoms with E-state index in [9.17, 15) is 0 Å². The SMILES string of the molecule is c1ccc(-c2ccc(-c3nc(-c4ccc(-c5ccc(-c6ccc7c(c6)sc6c7ccc7c8ccccc8n(-c8cc(-c9cccc(-c%10ccccc%10)c9)cc(-c9nc(-c%10ccccc%10)nc(-c%10ccccc%10)n9)c8)c76)cc5)cc4)nc(-c4cc(-c5ccccc5)cc(-n5c6ccccc6c6ccc7c8ccccc8sc7c65)c4)n3)cc2)cc1. The summed E-state index contributed by atoms with van der Waals surface area (Å²) < 4.78 is 9.89. The third kappa shape index (κ3) is 12.0. The summed E-state index contributed by atoms with van der Waals surface area (Å²) in [5.74, 6) is 3.56. The molecule has 0 radical (unpaired) electrons. The Morgan fingerprint density at radius 2 is 0.424 bits per heavy atom. The highest BCUT2D eigenvalue weighted by Crippen LogP contribution is 2.48. The molecule has 0 saturated heterocycles. The van der Waals surface area contributed by atoms with Gasteiger partial charge in [0, 0.05) is 97.2 Å². The number of benzene rings is 17. The Balaban J connectivity index is 0.614. The zero-order valence-corrected chi connectivity index (χ0v) is 65.1. The van der Waals surface area contributed by atoms with Crippen molar-refractivity contribution in [2.45, 2.75) is 0 Å². The molecule has 23 aromatic rings. The number of fused-ring (bicyclic) bond motifs is 14. The quantitative estimate of drug-likeness (QED) is 0.108. The van der Waals surface area contributed by atoms with Crippen LogP contribution in [0.2, 0.25) is 0 Å². The van der Waals surface area contributed by atoms with Crippen LogP contribution in [0.25, 0.3) is 230 Å². The van der Waals surface area contributed by atoms with Gasteiger partial charge in [0.05, 0.1) is 31.5 Å². The van der Waals surface area contributed by atoms with Crippen LogP contribution in [0, 0.1) is 0 Å². The predicted molar refractivity (Wildman–Crippen MR) is 493 cm³/mol. The Bertz CT molecular complexity index is 7820. The van der Waals surface area contributed by atoms with Crippen molar-refractivity contribution in [3.05, 3.63) is 400 Å². The number of para-hydroxylation sites is 2. The molecule has 0 bridgehead atoms. The van der Waals surface area contributed by atoms with E-state index < -0.39 is 0 Å². The summed E-state index contributed by atoms with van der Waals surface area (Å²) in [5, 5.41) is 9.73. The maximum absolute atomic E-state index is 5.47. The molecule has 23 rings (SSSR count). The molecular formula is C108H66N8S2. The van der Waals surface area contributed by atoms with E-state index >= 15 is 0 Å². The molecule has 0 saturated carbocycles. The molecule has 8 nitrogen and oxygen atoms in total. The van der Waals surface area contributed by atoms with Crippen molar-refractivity contribution in [3.63, 3.8) is 0 Å². The van der Waals surface area contributed by atoms with E-state index in [1.165, 1.54) is 67.4 Å². The minimum Gasteiger partial charge on any atom is -0.308 e. The average molecular weight is 1540 g/mol. The highest BCUT2D eigenvalue weighted by molar-refractivity contribution is 7.27. The van der Waals surface area contributed by atoms with Crippen molar-refractivity contribution in [2.24, 2.45) is 0 Å². The van der Waals surface area contributed by atoms with Crippen LogP contribution in [0.3, 0.4) is 0 Å². The summed E-state index contributed by atoms with van der Waals surface area (Å²) in [6.45, 7) is 0. The zero-order valence-electron chi connectivity index (χ0n) is 63.5. The van der Waals surface area contributed by atoms with E-state index in [-0.39, 0.29) is 0 Å². The van der Waals surface area contributed by atoms with E-state index in [1.54, 1.807) is 0 Å². The fourth-order valence-electron chi connectivity index (χ4n) is 17.3. The molecule has 0 unspecified atom stereocenters. The number of nitrogens with zero attached hydrogens (tertiary/aromatic N) is 8. The third-order valence-electron chi connectivity index (χ3n) is 23.0. The van der Waals surface area contributed by atoms with Gasteiger partial charge in [-0.2, -0.15) is 0 Å². The van der Waals surface area contributed by atoms with E-state index in [1.807, 2.05) is 59.1 Å². The van der Waals surface area contributed by atoms with Crippen molar-refractivity contribution in [1.29, 1.82) is 0 Å². The molecule has 6 heterocycles. The fourth-order valence-corrected chi connectivity index (χ4v) is 19.8. The van der Waals surface area contributed by atoms with Gasteiger partial charge in [0.25, 0.3) is 0 Å². The maximum Gasteiger partial charge on any atom is 0.164 e. The summed E-state index contributed by atoms with van der Waals surface area (Å²) in [6.07, 6.45) is 0. The van der Waals surface area contributed by atoms with Gasteiger partial charge in [0.1, 0.15) is 0 Å². The van der Waals surface area contributed by atoms with Gasteiger partial charge in [-0.3, -0.25) is 0 Å². The Morgan fingerprint density at radius 1 is 0.161 bits per heavy atom. The van der Waals surface area contributed by atoms with Gasteiger partial charge in [0.2, 0.25) is 0 Å². The topological polar surface area (TPSA) is 87.2 Å². The minimum atomic E-state index is 0.579. The molecule has 10 heteroatoms. The lowest BCUT2D eigenvalue weighted by Crippen LogP contribution is -2.02. The molecule has 0 spiro atoms. The van der Waals surface area contributed by atoms with Crippen molar-refractivity contribution in [3.8, 4) is 146 Å². The summed E-state index contributed by atoms with van der Waals surface area (Å²) in [5.41, 5.74) is 25.3. The summed E-state index contributed by atoms with van der Waals surface area (Å²) in [4.78, 5) is 32.0. The van der Waals surface area contributed by atoms with Gasteiger partial charge in [0.15, 0.2) is 34.9 Å². The summed E-state index contributed by atoms with van der Waals surface area (Å²) in [6, 6.07) is 143. The van der Waals surface area contributed by atoms with Gasteiger partial charge in [-0.05, 0) is 133 Å². The van der Waals surface area contributed by atoms with Gasteiger partial charge in [-0.25, -0.2) is 29.9 Å². The highest BCUT2D eigenvalue weighted by atomic mass is 32.1. The van der Waals surface area contributed by atoms with Crippen LogP contribution in [0.15, 0.2) is 400 Å². The lowest BCUT2D eigenvalue weighted by Gasteiger charge is -2.15. The molecule has 6 aromatic heterocycles. The van der Waals surface area contributed by atoms with Crippen molar-refractivity contribution in [1.82, 2.24) is 39.0 Å². The molecular weight excluding hydrogens is 1470 g/mol. The van der Waals surface area contributed by atoms with Gasteiger partial charge < -0.3 is 9.13 Å². The third-order valence-corrected chi connectivity index (χ3v) is 25.4. The van der Waals surface area contributed by atoms with Crippen molar-refractivity contribution >= 4 is 107 Å². The molecule has 550 valence electrons. The first-order valence-electron chi connectivity index (χ1n) is 39.7. The number of hydrogen-bond donors (Lipinski definition) is 0. The summed E-state index contributed by atoms with van der Waals surface area (Å²) >= 11 is 3.71. The monoisotopic (exact) mass is 1540 g/mol. The van der Waals surface area contributed by atoms with Crippen LogP contribution in [-0.4, -0.2) is 39.0 Å². The van der Waals surface area contributed by atoms with Crippen LogP contribution >= 0.6 is 22.7 Å². The second kappa shape index (κ2) is 28.4. The molecule has 0 aliphatic heterocycles. The van der Waals surface area contributed by atoms with E-state index in [4.69, 9.17) is 29.9 Å².